The maximum absolute atomic E-state index is 11.2. The molecule has 2 aromatic heterocycles. The van der Waals surface area contributed by atoms with Crippen LogP contribution in [0, 0.1) is 0 Å². The average Bonchev–Trinajstić information content (AvgIpc) is 3.04. The number of carboxylic acids is 1. The Balaban J connectivity index is 2.23. The number of aromatic carboxylic acids is 1. The van der Waals surface area contributed by atoms with E-state index in [-0.39, 0.29) is 11.7 Å². The molecule has 8 heteroatoms. The Bertz CT molecular complexity index is 617. The minimum atomic E-state index is -1.08. The van der Waals surface area contributed by atoms with Crippen molar-refractivity contribution in [3.63, 3.8) is 0 Å². The zero-order chi connectivity index (χ0) is 15.4. The van der Waals surface area contributed by atoms with Crippen LogP contribution in [-0.4, -0.2) is 49.6 Å². The fraction of sp³-hybridized carbons (Fsp3) is 0.538. The van der Waals surface area contributed by atoms with Gasteiger partial charge in [-0.05, 0) is 19.9 Å². The predicted octanol–water partition coefficient (Wildman–Crippen LogP) is 0.991. The van der Waals surface area contributed by atoms with Gasteiger partial charge in [0.15, 0.2) is 5.69 Å². The molecule has 1 N–H and O–H groups in total. The summed E-state index contributed by atoms with van der Waals surface area (Å²) in [6, 6.07) is 2.17. The Hall–Kier alpha value is -2.22. The number of nitrogens with zero attached hydrogens (tertiary/aromatic N) is 5. The minimum absolute atomic E-state index is 0.0321. The number of hydrogen-bond acceptors (Lipinski definition) is 5. The molecule has 0 saturated carbocycles. The van der Waals surface area contributed by atoms with Gasteiger partial charge in [0, 0.05) is 25.8 Å². The molecule has 21 heavy (non-hydrogen) atoms. The van der Waals surface area contributed by atoms with E-state index in [2.05, 4.69) is 15.4 Å². The fourth-order valence-corrected chi connectivity index (χ4v) is 1.97. The van der Waals surface area contributed by atoms with Crippen LogP contribution in [-0.2, 0) is 17.7 Å². The summed E-state index contributed by atoms with van der Waals surface area (Å²) in [7, 11) is 1.57. The van der Waals surface area contributed by atoms with Crippen molar-refractivity contribution >= 4 is 5.97 Å². The maximum atomic E-state index is 11.2. The summed E-state index contributed by atoms with van der Waals surface area (Å²) in [4.78, 5) is 11.2. The Morgan fingerprint density at radius 2 is 2.24 bits per heavy atom. The van der Waals surface area contributed by atoms with E-state index in [0.717, 1.165) is 5.69 Å². The number of hydrogen-bond donors (Lipinski definition) is 1. The molecule has 0 aliphatic rings. The van der Waals surface area contributed by atoms with Gasteiger partial charge in [0.2, 0.25) is 0 Å². The summed E-state index contributed by atoms with van der Waals surface area (Å²) in [6.45, 7) is 4.88. The monoisotopic (exact) mass is 293 g/mol. The summed E-state index contributed by atoms with van der Waals surface area (Å²) in [6.07, 6.45) is 2.33. The second-order valence-electron chi connectivity index (χ2n) is 4.97. The van der Waals surface area contributed by atoms with Crippen LogP contribution in [0.2, 0.25) is 0 Å². The van der Waals surface area contributed by atoms with E-state index >= 15 is 0 Å². The maximum Gasteiger partial charge on any atom is 0.358 e. The van der Waals surface area contributed by atoms with Gasteiger partial charge in [-0.1, -0.05) is 5.21 Å². The molecular formula is C13H19N5O3. The van der Waals surface area contributed by atoms with E-state index in [9.17, 15) is 4.79 Å². The second-order valence-corrected chi connectivity index (χ2v) is 4.97. The fourth-order valence-electron chi connectivity index (χ4n) is 1.97. The van der Waals surface area contributed by atoms with Gasteiger partial charge < -0.3 is 9.84 Å². The molecule has 0 saturated heterocycles. The number of carboxylic acid groups (broad SMARTS) is 1. The van der Waals surface area contributed by atoms with E-state index < -0.39 is 5.97 Å². The molecule has 0 aliphatic carbocycles. The normalized spacial score (nSPS) is 11.2. The third kappa shape index (κ3) is 3.46. The minimum Gasteiger partial charge on any atom is -0.476 e. The van der Waals surface area contributed by atoms with Crippen LogP contribution in [0.25, 0.3) is 0 Å². The second kappa shape index (κ2) is 6.49. The lowest BCUT2D eigenvalue weighted by atomic mass is 10.2. The molecule has 0 aliphatic heterocycles. The van der Waals surface area contributed by atoms with Gasteiger partial charge in [0.25, 0.3) is 0 Å². The smallest absolute Gasteiger partial charge is 0.358 e. The highest BCUT2D eigenvalue weighted by Gasteiger charge is 2.19. The first-order chi connectivity index (χ1) is 10.0. The summed E-state index contributed by atoms with van der Waals surface area (Å²) in [5.74, 6) is -1.08. The average molecular weight is 293 g/mol. The summed E-state index contributed by atoms with van der Waals surface area (Å²) in [5, 5.41) is 21.2. The predicted molar refractivity (Wildman–Crippen MR) is 74.3 cm³/mol. The Labute approximate surface area is 122 Å². The van der Waals surface area contributed by atoms with E-state index in [4.69, 9.17) is 9.84 Å². The number of ether oxygens (including phenoxy) is 1. The number of methoxy groups -OCH3 is 1. The molecule has 0 aromatic carbocycles. The van der Waals surface area contributed by atoms with Gasteiger partial charge in [-0.2, -0.15) is 5.10 Å². The van der Waals surface area contributed by atoms with Crippen LogP contribution in [0.4, 0.5) is 0 Å². The zero-order valence-corrected chi connectivity index (χ0v) is 12.4. The Kier molecular flexibility index (Phi) is 4.69. The van der Waals surface area contributed by atoms with Gasteiger partial charge in [-0.25, -0.2) is 9.48 Å². The van der Waals surface area contributed by atoms with E-state index in [1.807, 2.05) is 30.8 Å². The molecular weight excluding hydrogens is 274 g/mol. The highest BCUT2D eigenvalue weighted by Crippen LogP contribution is 2.11. The molecule has 2 heterocycles. The van der Waals surface area contributed by atoms with Crippen LogP contribution < -0.4 is 0 Å². The van der Waals surface area contributed by atoms with Crippen LogP contribution in [0.3, 0.4) is 0 Å². The number of rotatable bonds is 7. The van der Waals surface area contributed by atoms with Gasteiger partial charge >= 0.3 is 5.97 Å². The van der Waals surface area contributed by atoms with Crippen LogP contribution in [0.5, 0.6) is 0 Å². The number of aromatic nitrogens is 5. The van der Waals surface area contributed by atoms with E-state index in [1.54, 1.807) is 11.8 Å². The molecule has 0 amide bonds. The Morgan fingerprint density at radius 1 is 1.48 bits per heavy atom. The first kappa shape index (κ1) is 15.2. The lowest BCUT2D eigenvalue weighted by Crippen LogP contribution is -2.12. The largest absolute Gasteiger partial charge is 0.476 e. The summed E-state index contributed by atoms with van der Waals surface area (Å²) >= 11 is 0. The van der Waals surface area contributed by atoms with Gasteiger partial charge in [0.05, 0.1) is 24.5 Å². The van der Waals surface area contributed by atoms with Gasteiger partial charge in [-0.15, -0.1) is 5.10 Å². The molecule has 0 fully saturated rings. The van der Waals surface area contributed by atoms with E-state index in [0.29, 0.717) is 25.3 Å². The highest BCUT2D eigenvalue weighted by molar-refractivity contribution is 5.86. The molecule has 0 atom stereocenters. The van der Waals surface area contributed by atoms with Crippen molar-refractivity contribution in [3.05, 3.63) is 29.3 Å². The van der Waals surface area contributed by atoms with Crippen LogP contribution in [0.1, 0.15) is 41.8 Å². The van der Waals surface area contributed by atoms with Crippen molar-refractivity contribution in [3.8, 4) is 0 Å². The number of carbonyl (C=O) groups is 1. The SMILES string of the molecule is COCCc1c(C(=O)O)nnn1Cc1ccn(C(C)C)n1. The van der Waals surface area contributed by atoms with Crippen molar-refractivity contribution < 1.29 is 14.6 Å². The summed E-state index contributed by atoms with van der Waals surface area (Å²) < 4.78 is 8.42. The van der Waals surface area contributed by atoms with Crippen LogP contribution in [0.15, 0.2) is 12.3 Å². The first-order valence-corrected chi connectivity index (χ1v) is 6.71. The standard InChI is InChI=1S/C13H19N5O3/c1-9(2)17-6-4-10(15-17)8-18-11(5-7-21-3)12(13(19)20)14-16-18/h4,6,9H,5,7-8H2,1-3H3,(H,19,20). The van der Waals surface area contributed by atoms with Crippen LogP contribution >= 0.6 is 0 Å². The third-order valence-electron chi connectivity index (χ3n) is 3.09. The van der Waals surface area contributed by atoms with Crippen molar-refractivity contribution in [2.75, 3.05) is 13.7 Å². The van der Waals surface area contributed by atoms with Crippen molar-refractivity contribution in [2.45, 2.75) is 32.9 Å². The molecule has 0 unspecified atom stereocenters. The highest BCUT2D eigenvalue weighted by atomic mass is 16.5. The molecule has 0 spiro atoms. The Morgan fingerprint density at radius 3 is 2.81 bits per heavy atom. The molecule has 114 valence electrons. The molecule has 8 nitrogen and oxygen atoms in total. The van der Waals surface area contributed by atoms with Crippen molar-refractivity contribution in [2.24, 2.45) is 0 Å². The lowest BCUT2D eigenvalue weighted by Gasteiger charge is -2.06. The van der Waals surface area contributed by atoms with Gasteiger partial charge in [-0.3, -0.25) is 4.68 Å². The molecule has 2 aromatic rings. The summed E-state index contributed by atoms with van der Waals surface area (Å²) in [5.41, 5.74) is 1.32. The van der Waals surface area contributed by atoms with Crippen molar-refractivity contribution in [1.82, 2.24) is 24.8 Å². The van der Waals surface area contributed by atoms with Gasteiger partial charge in [0.1, 0.15) is 0 Å². The van der Waals surface area contributed by atoms with Crippen molar-refractivity contribution in [1.29, 1.82) is 0 Å². The van der Waals surface area contributed by atoms with E-state index in [1.165, 1.54) is 0 Å². The zero-order valence-electron chi connectivity index (χ0n) is 12.4. The molecule has 0 bridgehead atoms. The molecule has 0 radical (unpaired) electrons. The molecule has 2 rings (SSSR count). The quantitative estimate of drug-likeness (QED) is 0.818. The lowest BCUT2D eigenvalue weighted by molar-refractivity contribution is 0.0688. The first-order valence-electron chi connectivity index (χ1n) is 6.71. The third-order valence-corrected chi connectivity index (χ3v) is 3.09. The topological polar surface area (TPSA) is 95.1 Å².